The Morgan fingerprint density at radius 1 is 0.804 bits per heavy atom. The molecule has 0 radical (unpaired) electrons. The maximum Gasteiger partial charge on any atom is 0.407 e. The molecule has 3 aromatic rings. The van der Waals surface area contributed by atoms with Gasteiger partial charge in [0, 0.05) is 6.04 Å². The molecule has 3 rings (SSSR count). The predicted octanol–water partition coefficient (Wildman–Crippen LogP) is 6.58. The van der Waals surface area contributed by atoms with E-state index in [4.69, 9.17) is 23.1 Å². The standard InChI is InChI=1S/C36H47NO8S/c1-6-16-31(37-35(38)44-36(2,3)4)23-32(42-25-29-19-12-8-13-20-29)34(43-26-30-21-14-9-15-22-30)33(45-46(5,39)40)27-41-24-28-17-10-7-11-18-28/h6-15,17-22,31-34H,1,16,23-27H2,2-5H3,(H,37,38)/t31?,32-,33-,34+/m1/s1. The monoisotopic (exact) mass is 653 g/mol. The normalized spacial score (nSPS) is 14.5. The number of amides is 1. The number of carbonyl (C=O) groups excluding carboxylic acids is 1. The van der Waals surface area contributed by atoms with Crippen molar-refractivity contribution in [2.75, 3.05) is 12.9 Å². The van der Waals surface area contributed by atoms with Crippen molar-refractivity contribution in [3.63, 3.8) is 0 Å². The van der Waals surface area contributed by atoms with E-state index in [0.29, 0.717) is 6.42 Å². The van der Waals surface area contributed by atoms with Gasteiger partial charge in [0.15, 0.2) is 0 Å². The maximum atomic E-state index is 12.8. The third-order valence-corrected chi connectivity index (χ3v) is 7.30. The van der Waals surface area contributed by atoms with Crippen LogP contribution in [-0.2, 0) is 53.1 Å². The van der Waals surface area contributed by atoms with Crippen LogP contribution in [0.15, 0.2) is 104 Å². The topological polar surface area (TPSA) is 109 Å². The molecule has 1 unspecified atom stereocenters. The van der Waals surface area contributed by atoms with Crippen molar-refractivity contribution in [3.05, 3.63) is 120 Å². The van der Waals surface area contributed by atoms with Gasteiger partial charge < -0.3 is 24.3 Å². The van der Waals surface area contributed by atoms with Gasteiger partial charge in [-0.05, 0) is 50.3 Å². The molecule has 0 saturated carbocycles. The minimum absolute atomic E-state index is 0.0990. The molecule has 4 atom stereocenters. The maximum absolute atomic E-state index is 12.8. The third kappa shape index (κ3) is 14.7. The Bertz CT molecular complexity index is 1410. The van der Waals surface area contributed by atoms with E-state index in [1.807, 2.05) is 91.0 Å². The minimum atomic E-state index is -3.95. The molecule has 3 aromatic carbocycles. The van der Waals surface area contributed by atoms with Crippen molar-refractivity contribution in [1.82, 2.24) is 5.32 Å². The first-order chi connectivity index (χ1) is 21.9. The quantitative estimate of drug-likeness (QED) is 0.114. The molecule has 0 aromatic heterocycles. The number of nitrogens with one attached hydrogen (secondary N) is 1. The Labute approximate surface area is 274 Å². The van der Waals surface area contributed by atoms with Gasteiger partial charge in [0.05, 0.1) is 38.8 Å². The molecule has 0 aliphatic heterocycles. The Morgan fingerprint density at radius 2 is 1.30 bits per heavy atom. The van der Waals surface area contributed by atoms with Gasteiger partial charge in [-0.1, -0.05) is 97.1 Å². The van der Waals surface area contributed by atoms with Gasteiger partial charge in [-0.2, -0.15) is 8.42 Å². The first-order valence-electron chi connectivity index (χ1n) is 15.3. The van der Waals surface area contributed by atoms with E-state index < -0.39 is 46.2 Å². The lowest BCUT2D eigenvalue weighted by Gasteiger charge is -2.35. The molecule has 0 aliphatic rings. The second-order valence-electron chi connectivity index (χ2n) is 12.0. The summed E-state index contributed by atoms with van der Waals surface area (Å²) in [5, 5.41) is 2.93. The van der Waals surface area contributed by atoms with Crippen LogP contribution in [0.4, 0.5) is 4.79 Å². The summed E-state index contributed by atoms with van der Waals surface area (Å²) < 4.78 is 55.4. The van der Waals surface area contributed by atoms with Crippen LogP contribution in [0.5, 0.6) is 0 Å². The lowest BCUT2D eigenvalue weighted by molar-refractivity contribution is -0.142. The minimum Gasteiger partial charge on any atom is -0.444 e. The highest BCUT2D eigenvalue weighted by molar-refractivity contribution is 7.86. The van der Waals surface area contributed by atoms with Gasteiger partial charge in [0.1, 0.15) is 17.8 Å². The second kappa shape index (κ2) is 18.6. The third-order valence-electron chi connectivity index (χ3n) is 6.71. The van der Waals surface area contributed by atoms with Crippen LogP contribution in [0.25, 0.3) is 0 Å². The number of ether oxygens (including phenoxy) is 4. The summed E-state index contributed by atoms with van der Waals surface area (Å²) >= 11 is 0. The lowest BCUT2D eigenvalue weighted by atomic mass is 9.98. The van der Waals surface area contributed by atoms with Crippen molar-refractivity contribution < 1.29 is 36.3 Å². The van der Waals surface area contributed by atoms with Crippen LogP contribution in [-0.4, -0.2) is 57.3 Å². The molecular weight excluding hydrogens is 606 g/mol. The van der Waals surface area contributed by atoms with Gasteiger partial charge >= 0.3 is 6.09 Å². The SMILES string of the molecule is C=CCC(C[C@@H](OCc1ccccc1)[C@H](OCc1ccccc1)[C@@H](COCc1ccccc1)OS(C)(=O)=O)NC(=O)OC(C)(C)C. The van der Waals surface area contributed by atoms with Crippen molar-refractivity contribution in [1.29, 1.82) is 0 Å². The lowest BCUT2D eigenvalue weighted by Crippen LogP contribution is -2.49. The molecule has 0 bridgehead atoms. The van der Waals surface area contributed by atoms with Crippen LogP contribution in [0.3, 0.4) is 0 Å². The number of hydrogen-bond acceptors (Lipinski definition) is 8. The van der Waals surface area contributed by atoms with Gasteiger partial charge in [0.25, 0.3) is 10.1 Å². The largest absolute Gasteiger partial charge is 0.444 e. The van der Waals surface area contributed by atoms with E-state index in [1.165, 1.54) is 0 Å². The van der Waals surface area contributed by atoms with Crippen molar-refractivity contribution in [2.24, 2.45) is 0 Å². The summed E-state index contributed by atoms with van der Waals surface area (Å²) in [4.78, 5) is 12.8. The van der Waals surface area contributed by atoms with Crippen LogP contribution >= 0.6 is 0 Å². The molecule has 9 nitrogen and oxygen atoms in total. The fourth-order valence-electron chi connectivity index (χ4n) is 4.73. The van der Waals surface area contributed by atoms with Crippen LogP contribution < -0.4 is 5.32 Å². The Balaban J connectivity index is 1.97. The van der Waals surface area contributed by atoms with Crippen LogP contribution in [0.1, 0.15) is 50.3 Å². The first kappa shape index (κ1) is 36.9. The number of rotatable bonds is 19. The molecule has 1 amide bonds. The van der Waals surface area contributed by atoms with Crippen molar-refractivity contribution >= 4 is 16.2 Å². The smallest absolute Gasteiger partial charge is 0.407 e. The van der Waals surface area contributed by atoms with Gasteiger partial charge in [-0.25, -0.2) is 4.79 Å². The van der Waals surface area contributed by atoms with Gasteiger partial charge in [0.2, 0.25) is 0 Å². The fourth-order valence-corrected chi connectivity index (χ4v) is 5.35. The number of benzene rings is 3. The molecule has 1 N–H and O–H groups in total. The van der Waals surface area contributed by atoms with E-state index >= 15 is 0 Å². The molecule has 0 spiro atoms. The number of alkyl carbamates (subject to hydrolysis) is 1. The van der Waals surface area contributed by atoms with E-state index in [1.54, 1.807) is 26.8 Å². The summed E-state index contributed by atoms with van der Waals surface area (Å²) in [6.45, 7) is 9.74. The van der Waals surface area contributed by atoms with Crippen LogP contribution in [0.2, 0.25) is 0 Å². The molecule has 250 valence electrons. The zero-order valence-corrected chi connectivity index (χ0v) is 28.0. The summed E-state index contributed by atoms with van der Waals surface area (Å²) in [6, 6.07) is 28.2. The van der Waals surface area contributed by atoms with E-state index in [-0.39, 0.29) is 32.8 Å². The van der Waals surface area contributed by atoms with Gasteiger partial charge in [-0.3, -0.25) is 4.18 Å². The highest BCUT2D eigenvalue weighted by Crippen LogP contribution is 2.24. The molecule has 46 heavy (non-hydrogen) atoms. The zero-order chi connectivity index (χ0) is 33.4. The Hall–Kier alpha value is -3.54. The first-order valence-corrected chi connectivity index (χ1v) is 17.1. The van der Waals surface area contributed by atoms with Crippen LogP contribution in [0, 0.1) is 0 Å². The summed E-state index contributed by atoms with van der Waals surface area (Å²) in [5.74, 6) is 0. The number of carbonyl (C=O) groups is 1. The highest BCUT2D eigenvalue weighted by atomic mass is 32.2. The molecular formula is C36H47NO8S. The molecule has 0 aliphatic carbocycles. The van der Waals surface area contributed by atoms with Gasteiger partial charge in [-0.15, -0.1) is 6.58 Å². The van der Waals surface area contributed by atoms with E-state index in [0.717, 1.165) is 22.9 Å². The zero-order valence-electron chi connectivity index (χ0n) is 27.2. The van der Waals surface area contributed by atoms with Crippen molar-refractivity contribution in [2.45, 2.75) is 83.4 Å². The van der Waals surface area contributed by atoms with E-state index in [2.05, 4.69) is 11.9 Å². The molecule has 0 heterocycles. The second-order valence-corrected chi connectivity index (χ2v) is 13.6. The fraction of sp³-hybridized carbons (Fsp3) is 0.417. The Morgan fingerprint density at radius 3 is 1.78 bits per heavy atom. The predicted molar refractivity (Wildman–Crippen MR) is 178 cm³/mol. The average molecular weight is 654 g/mol. The summed E-state index contributed by atoms with van der Waals surface area (Å²) in [5.41, 5.74) is 2.02. The Kier molecular flexibility index (Phi) is 14.9. The van der Waals surface area contributed by atoms with Crippen molar-refractivity contribution in [3.8, 4) is 0 Å². The average Bonchev–Trinajstić information content (AvgIpc) is 2.99. The van der Waals surface area contributed by atoms with E-state index in [9.17, 15) is 13.2 Å². The molecule has 0 saturated heterocycles. The summed E-state index contributed by atoms with van der Waals surface area (Å²) in [7, 11) is -3.95. The summed E-state index contributed by atoms with van der Waals surface area (Å²) in [6.07, 6.45) is -0.0118. The highest BCUT2D eigenvalue weighted by Gasteiger charge is 2.37. The molecule has 0 fully saturated rings. The number of hydrogen-bond donors (Lipinski definition) is 1. The molecule has 10 heteroatoms.